The predicted molar refractivity (Wildman–Crippen MR) is 52.7 cm³/mol. The van der Waals surface area contributed by atoms with Crippen molar-refractivity contribution in [3.05, 3.63) is 36.3 Å². The molecule has 0 bridgehead atoms. The van der Waals surface area contributed by atoms with Crippen LogP contribution >= 0.6 is 11.6 Å². The molecule has 0 atom stereocenters. The number of carbonyl (C=O) groups is 1. The first-order valence-corrected chi connectivity index (χ1v) is 4.22. The summed E-state index contributed by atoms with van der Waals surface area (Å²) >= 11 is 4.88. The Balaban J connectivity index is 0. The van der Waals surface area contributed by atoms with Crippen molar-refractivity contribution in [2.45, 2.75) is 6.92 Å². The summed E-state index contributed by atoms with van der Waals surface area (Å²) in [6, 6.07) is 1.29. The van der Waals surface area contributed by atoms with Crippen molar-refractivity contribution in [3.8, 4) is 0 Å². The van der Waals surface area contributed by atoms with Gasteiger partial charge in [-0.3, -0.25) is 9.48 Å². The van der Waals surface area contributed by atoms with Crippen molar-refractivity contribution in [3.63, 3.8) is 0 Å². The van der Waals surface area contributed by atoms with Gasteiger partial charge in [0.25, 0.3) is 0 Å². The minimum atomic E-state index is -0.282. The minimum Gasteiger partial charge on any atom is -0.565 e. The molecule has 0 aliphatic rings. The smallest absolute Gasteiger partial charge is 0.239 e. The summed E-state index contributed by atoms with van der Waals surface area (Å²) in [5.74, 6) is -0.00269. The van der Waals surface area contributed by atoms with Crippen LogP contribution in [-0.4, -0.2) is 26.3 Å². The molecular weight excluding hydrogens is 470 g/mol. The Hall–Kier alpha value is -2.20. The van der Waals surface area contributed by atoms with E-state index in [0.717, 1.165) is 16.0 Å². The van der Waals surface area contributed by atoms with E-state index in [0.29, 0.717) is 0 Å². The van der Waals surface area contributed by atoms with Gasteiger partial charge in [-0.2, -0.15) is 18.6 Å². The molecule has 0 unspecified atom stereocenters. The van der Waals surface area contributed by atoms with E-state index in [9.17, 15) is 9.59 Å². The van der Waals surface area contributed by atoms with Crippen LogP contribution in [0, 0.1) is 13.7 Å². The summed E-state index contributed by atoms with van der Waals surface area (Å²) in [6.45, 7) is 2.25. The fourth-order valence-corrected chi connectivity index (χ4v) is 0.682. The zero-order valence-electron chi connectivity index (χ0n) is 7.94. The molecule has 0 saturated heterocycles. The Morgan fingerprint density at radius 3 is 2.33 bits per heavy atom. The number of aliphatic hydroxyl groups is 1. The molecule has 0 aliphatic carbocycles. The van der Waals surface area contributed by atoms with Gasteiger partial charge in [-0.25, -0.2) is 6.61 Å². The molecule has 0 aliphatic heterocycles. The molecule has 15 heavy (non-hydrogen) atoms. The van der Waals surface area contributed by atoms with Crippen LogP contribution in [0.25, 0.3) is 0 Å². The molecule has 0 saturated carbocycles. The molecule has 1 aromatic rings. The van der Waals surface area contributed by atoms with Gasteiger partial charge in [0.1, 0.15) is 5.56 Å². The van der Waals surface area contributed by atoms with Crippen LogP contribution in [0.4, 0.5) is 0 Å². The quantitative estimate of drug-likeness (QED) is 0.476. The van der Waals surface area contributed by atoms with E-state index in [-0.39, 0.29) is 17.3 Å². The van der Waals surface area contributed by atoms with Gasteiger partial charge in [0.15, 0.2) is 0 Å². The molecule has 0 fully saturated rings. The zero-order valence-corrected chi connectivity index (χ0v) is 10.8. The second kappa shape index (κ2) is 7.23. The second-order valence-electron chi connectivity index (χ2n) is 2.25. The number of nitrogens with zero attached hydrogens (tertiary/aromatic N) is 2. The van der Waals surface area contributed by atoms with Crippen LogP contribution in [-0.2, 0) is 0 Å². The Morgan fingerprint density at radius 1 is 1.73 bits per heavy atom. The monoisotopic (exact) mass is 480 g/mol. The second-order valence-corrected chi connectivity index (χ2v) is 2.56. The maximum Gasteiger partial charge on any atom is 0.239 e. The normalized spacial score (nSPS) is 8.47. The first-order chi connectivity index (χ1) is 6.54. The predicted octanol–water partition coefficient (Wildman–Crippen LogP) is 0.709. The maximum atomic E-state index is 10.7. The van der Waals surface area contributed by atoms with Gasteiger partial charge in [-0.1, -0.05) is 11.9 Å². The van der Waals surface area contributed by atoms with E-state index in [1.165, 1.54) is 19.2 Å². The summed E-state index contributed by atoms with van der Waals surface area (Å²) in [6.07, 6.45) is 1.39. The number of carbonyl (C=O) groups excluding carboxylic acids is 1. The molecule has 1 rings (SSSR count). The first-order valence-electron chi connectivity index (χ1n) is 3.69. The van der Waals surface area contributed by atoms with E-state index >= 15 is 0 Å². The van der Waals surface area contributed by atoms with Crippen molar-refractivity contribution in [2.24, 2.45) is 0 Å². The van der Waals surface area contributed by atoms with E-state index in [1.54, 1.807) is 0 Å². The number of halogens is 1. The van der Waals surface area contributed by atoms with Crippen LogP contribution in [0.1, 0.15) is 11.7 Å². The Bertz CT molecular complexity index is 346. The SMILES string of the molecule is O[CH-]CCl.[CH2-]n1c(=O)ccn1C(C)=O.[Lr]. The van der Waals surface area contributed by atoms with Gasteiger partial charge in [-0.05, 0) is 0 Å². The molecule has 95 valence electrons. The van der Waals surface area contributed by atoms with Crippen LogP contribution in [0.3, 0.4) is 0 Å². The van der Waals surface area contributed by atoms with Crippen molar-refractivity contribution in [1.29, 1.82) is 0 Å². The fourth-order valence-electron chi connectivity index (χ4n) is 0.682. The summed E-state index contributed by atoms with van der Waals surface area (Å²) in [7, 11) is 3.35. The molecule has 5 nitrogen and oxygen atoms in total. The fraction of sp³-hybridized carbons (Fsp3) is 0.250. The molecule has 1 radical (unpaired) electrons. The van der Waals surface area contributed by atoms with Gasteiger partial charge in [-0.15, -0.1) is 0 Å². The molecule has 7 heteroatoms. The minimum absolute atomic E-state index is 0. The Kier molecular flexibility index (Phi) is 7.36. The molecule has 1 N–H and O–H groups in total. The van der Waals surface area contributed by atoms with Gasteiger partial charge in [0, 0.05) is 13.1 Å². The Labute approximate surface area is 86.5 Å². The van der Waals surface area contributed by atoms with Crippen molar-refractivity contribution in [1.82, 2.24) is 9.36 Å². The molecule has 1 heterocycles. The molecule has 0 aromatic carbocycles. The molecule has 0 amide bonds. The van der Waals surface area contributed by atoms with Gasteiger partial charge in [0.2, 0.25) is 5.91 Å². The molecule has 1 aromatic heterocycles. The van der Waals surface area contributed by atoms with E-state index < -0.39 is 0 Å². The number of aromatic nitrogens is 2. The average Bonchev–Trinajstić information content (AvgIpc) is 2.48. The average molecular weight is 481 g/mol. The third-order valence-corrected chi connectivity index (χ3v) is 1.40. The number of rotatable bonds is 1. The van der Waals surface area contributed by atoms with Gasteiger partial charge in [0.05, 0.1) is 0 Å². The number of alkyl halides is 1. The molecular formula is C8H11ClLrN2O3-2. The van der Waals surface area contributed by atoms with Gasteiger partial charge >= 0.3 is 0 Å². The van der Waals surface area contributed by atoms with Crippen molar-refractivity contribution < 1.29 is 9.90 Å². The van der Waals surface area contributed by atoms with Gasteiger partial charge < -0.3 is 14.6 Å². The van der Waals surface area contributed by atoms with Crippen LogP contribution in [0.2, 0.25) is 0 Å². The first kappa shape index (κ1) is 15.3. The van der Waals surface area contributed by atoms with Crippen molar-refractivity contribution >= 4 is 17.5 Å². The Morgan fingerprint density at radius 2 is 2.20 bits per heavy atom. The van der Waals surface area contributed by atoms with E-state index in [4.69, 9.17) is 16.7 Å². The molecule has 0 spiro atoms. The summed E-state index contributed by atoms with van der Waals surface area (Å²) in [5.41, 5.74) is -0.282. The topological polar surface area (TPSA) is 64.2 Å². The van der Waals surface area contributed by atoms with Crippen LogP contribution in [0.15, 0.2) is 17.1 Å². The number of hydrogen-bond donors (Lipinski definition) is 1. The van der Waals surface area contributed by atoms with E-state index in [2.05, 4.69) is 7.05 Å². The maximum absolute atomic E-state index is 10.7. The number of aliphatic hydroxyl groups excluding tert-OH is 1. The third kappa shape index (κ3) is 4.54. The zero-order chi connectivity index (χ0) is 11.1. The third-order valence-electron chi connectivity index (χ3n) is 1.26. The van der Waals surface area contributed by atoms with Crippen molar-refractivity contribution in [2.75, 3.05) is 5.88 Å². The summed E-state index contributed by atoms with van der Waals surface area (Å²) in [4.78, 5) is 21.3. The number of hydrogen-bond acceptors (Lipinski definition) is 3. The largest absolute Gasteiger partial charge is 0.565 e. The van der Waals surface area contributed by atoms with Crippen LogP contribution in [0.5, 0.6) is 0 Å². The summed E-state index contributed by atoms with van der Waals surface area (Å²) in [5, 5.41) is 7.62. The summed E-state index contributed by atoms with van der Waals surface area (Å²) < 4.78 is 2.14. The van der Waals surface area contributed by atoms with E-state index in [1.807, 2.05) is 0 Å². The standard InChI is InChI=1S/C6H7N2O2.C2H4ClO.Lr/c1-5(9)8-4-3-6(10)7(8)2;3-1-2-4;/h3-4H,2H2,1H3;2,4H,1H2;/q2*-1;. The van der Waals surface area contributed by atoms with Crippen LogP contribution < -0.4 is 5.56 Å².